The van der Waals surface area contributed by atoms with Crippen molar-refractivity contribution in [2.75, 3.05) is 13.6 Å². The van der Waals surface area contributed by atoms with Gasteiger partial charge in [-0.25, -0.2) is 4.99 Å². The molecule has 0 aromatic carbocycles. The number of nitrogens with two attached hydrogens (primary N) is 2. The summed E-state index contributed by atoms with van der Waals surface area (Å²) in [6, 6.07) is 0.327. The van der Waals surface area contributed by atoms with E-state index in [1.165, 1.54) is 7.05 Å². The maximum absolute atomic E-state index is 12.5. The largest absolute Gasteiger partial charge is 0.405 e. The van der Waals surface area contributed by atoms with Crippen molar-refractivity contribution in [2.45, 2.75) is 56.8 Å². The molecule has 1 unspecified atom stereocenters. The maximum Gasteiger partial charge on any atom is 0.405 e. The van der Waals surface area contributed by atoms with Gasteiger partial charge in [0.2, 0.25) is 0 Å². The Labute approximate surface area is 134 Å². The van der Waals surface area contributed by atoms with Crippen LogP contribution >= 0.6 is 0 Å². The van der Waals surface area contributed by atoms with E-state index in [1.54, 1.807) is 6.08 Å². The summed E-state index contributed by atoms with van der Waals surface area (Å²) in [6.45, 7) is 0.837. The van der Waals surface area contributed by atoms with Crippen LogP contribution in [-0.2, 0) is 0 Å². The summed E-state index contributed by atoms with van der Waals surface area (Å²) in [6.07, 6.45) is 2.33. The van der Waals surface area contributed by atoms with Crippen LogP contribution < -0.4 is 11.5 Å². The zero-order chi connectivity index (χ0) is 17.0. The van der Waals surface area contributed by atoms with Gasteiger partial charge in [0, 0.05) is 18.8 Å². The molecule has 3 rings (SSSR count). The summed E-state index contributed by atoms with van der Waals surface area (Å²) in [5, 5.41) is 0. The van der Waals surface area contributed by atoms with E-state index in [4.69, 9.17) is 11.5 Å². The van der Waals surface area contributed by atoms with Crippen LogP contribution in [0.4, 0.5) is 13.2 Å². The minimum atomic E-state index is -4.24. The Morgan fingerprint density at radius 2 is 1.91 bits per heavy atom. The average molecular weight is 330 g/mol. The first-order valence-electron chi connectivity index (χ1n) is 8.11. The highest BCUT2D eigenvalue weighted by molar-refractivity contribution is 5.93. The maximum atomic E-state index is 12.5. The number of hydrogen-bond donors (Lipinski definition) is 2. The third-order valence-electron chi connectivity index (χ3n) is 5.86. The Morgan fingerprint density at radius 1 is 1.30 bits per heavy atom. The van der Waals surface area contributed by atoms with Crippen molar-refractivity contribution in [2.24, 2.45) is 27.8 Å². The van der Waals surface area contributed by atoms with Gasteiger partial charge in [-0.05, 0) is 56.4 Å². The van der Waals surface area contributed by atoms with Crippen LogP contribution in [0.2, 0.25) is 0 Å². The molecule has 23 heavy (non-hydrogen) atoms. The second kappa shape index (κ2) is 5.21. The van der Waals surface area contributed by atoms with Crippen LogP contribution in [0.3, 0.4) is 0 Å². The molecule has 2 saturated carbocycles. The van der Waals surface area contributed by atoms with Gasteiger partial charge in [-0.3, -0.25) is 0 Å². The van der Waals surface area contributed by atoms with Gasteiger partial charge in [0.1, 0.15) is 12.4 Å². The monoisotopic (exact) mass is 330 g/mol. The van der Waals surface area contributed by atoms with Crippen LogP contribution in [0.1, 0.15) is 39.0 Å². The summed E-state index contributed by atoms with van der Waals surface area (Å²) in [7, 11) is 1.41. The molecule has 0 aromatic heterocycles. The van der Waals surface area contributed by atoms with Crippen LogP contribution in [0.15, 0.2) is 16.9 Å². The van der Waals surface area contributed by atoms with Gasteiger partial charge in [0.05, 0.1) is 5.54 Å². The predicted octanol–water partition coefficient (Wildman–Crippen LogP) is 2.40. The van der Waals surface area contributed by atoms with E-state index in [1.807, 2.05) is 6.92 Å². The summed E-state index contributed by atoms with van der Waals surface area (Å²) in [4.78, 5) is 5.52. The quantitative estimate of drug-likeness (QED) is 0.835. The highest BCUT2D eigenvalue weighted by atomic mass is 19.4. The van der Waals surface area contributed by atoms with E-state index in [2.05, 4.69) is 4.99 Å². The number of halogens is 3. The lowest BCUT2D eigenvalue weighted by Crippen LogP contribution is -2.64. The summed E-state index contributed by atoms with van der Waals surface area (Å²) in [5.74, 6) is 0.713. The Morgan fingerprint density at radius 3 is 2.39 bits per heavy atom. The van der Waals surface area contributed by atoms with Crippen LogP contribution in [-0.4, -0.2) is 42.0 Å². The third kappa shape index (κ3) is 3.01. The first-order valence-corrected chi connectivity index (χ1v) is 8.11. The van der Waals surface area contributed by atoms with Crippen molar-refractivity contribution >= 4 is 5.71 Å². The van der Waals surface area contributed by atoms with Crippen LogP contribution in [0.5, 0.6) is 0 Å². The first-order chi connectivity index (χ1) is 10.5. The molecule has 0 aromatic rings. The summed E-state index contributed by atoms with van der Waals surface area (Å²) >= 11 is 0. The zero-order valence-corrected chi connectivity index (χ0v) is 13.7. The lowest BCUT2D eigenvalue weighted by Gasteiger charge is -2.61. The van der Waals surface area contributed by atoms with E-state index >= 15 is 0 Å². The van der Waals surface area contributed by atoms with E-state index in [0.29, 0.717) is 29.6 Å². The molecular formula is C16H25F3N4. The summed E-state index contributed by atoms with van der Waals surface area (Å²) < 4.78 is 37.5. The van der Waals surface area contributed by atoms with E-state index in [9.17, 15) is 13.2 Å². The van der Waals surface area contributed by atoms with Gasteiger partial charge in [0.15, 0.2) is 0 Å². The van der Waals surface area contributed by atoms with Gasteiger partial charge in [-0.1, -0.05) is 0 Å². The Hall–Kier alpha value is -1.08. The number of alkyl halides is 3. The lowest BCUT2D eigenvalue weighted by atomic mass is 9.46. The minimum absolute atomic E-state index is 0.327. The van der Waals surface area contributed by atoms with Gasteiger partial charge >= 0.3 is 6.18 Å². The molecule has 1 aliphatic heterocycles. The lowest BCUT2D eigenvalue weighted by molar-refractivity contribution is -0.139. The van der Waals surface area contributed by atoms with Gasteiger partial charge in [-0.2, -0.15) is 13.2 Å². The van der Waals surface area contributed by atoms with Crippen molar-refractivity contribution in [1.29, 1.82) is 0 Å². The summed E-state index contributed by atoms with van der Waals surface area (Å²) in [5.41, 5.74) is 13.1. The molecule has 2 fully saturated rings. The molecule has 0 bridgehead atoms. The molecule has 2 aliphatic carbocycles. The molecule has 0 radical (unpaired) electrons. The molecule has 7 heteroatoms. The molecule has 4 nitrogen and oxygen atoms in total. The number of aliphatic imine (C=N–C) groups is 1. The molecule has 1 atom stereocenters. The SMILES string of the molecule is CC1=NC(N(C)CC(F)(F)F)=CCC1(N)C1CC2(CC(N)C2)C1. The van der Waals surface area contributed by atoms with Crippen molar-refractivity contribution in [3.63, 3.8) is 0 Å². The fourth-order valence-electron chi connectivity index (χ4n) is 4.52. The molecule has 0 amide bonds. The van der Waals surface area contributed by atoms with Gasteiger partial charge < -0.3 is 16.4 Å². The standard InChI is InChI=1S/C16H25F3N4/c1-10-15(21,11-5-14(6-11)7-12(20)8-14)4-3-13(22-10)23(2)9-16(17,18)19/h3,11-12H,4-9,20-21H2,1-2H3. The molecule has 1 spiro atoms. The van der Waals surface area contributed by atoms with E-state index < -0.39 is 18.3 Å². The zero-order valence-electron chi connectivity index (χ0n) is 13.7. The van der Waals surface area contributed by atoms with Crippen molar-refractivity contribution < 1.29 is 13.2 Å². The Balaban J connectivity index is 1.63. The number of nitrogens with zero attached hydrogens (tertiary/aromatic N) is 2. The van der Waals surface area contributed by atoms with E-state index in [0.717, 1.165) is 36.3 Å². The number of hydrogen-bond acceptors (Lipinski definition) is 4. The van der Waals surface area contributed by atoms with Crippen LogP contribution in [0.25, 0.3) is 0 Å². The van der Waals surface area contributed by atoms with Gasteiger partial charge in [-0.15, -0.1) is 0 Å². The fourth-order valence-corrected chi connectivity index (χ4v) is 4.52. The first kappa shape index (κ1) is 16.8. The van der Waals surface area contributed by atoms with Crippen molar-refractivity contribution in [3.05, 3.63) is 11.9 Å². The molecule has 130 valence electrons. The van der Waals surface area contributed by atoms with Gasteiger partial charge in [0.25, 0.3) is 0 Å². The Bertz CT molecular complexity index is 540. The highest BCUT2D eigenvalue weighted by Crippen LogP contribution is 2.61. The smallest absolute Gasteiger partial charge is 0.351 e. The Kier molecular flexibility index (Phi) is 3.80. The van der Waals surface area contributed by atoms with Crippen molar-refractivity contribution in [1.82, 2.24) is 4.90 Å². The highest BCUT2D eigenvalue weighted by Gasteiger charge is 2.57. The van der Waals surface area contributed by atoms with E-state index in [-0.39, 0.29) is 0 Å². The minimum Gasteiger partial charge on any atom is -0.351 e. The molecular weight excluding hydrogens is 305 g/mol. The second-order valence-electron chi connectivity index (χ2n) is 7.75. The third-order valence-corrected chi connectivity index (χ3v) is 5.86. The average Bonchev–Trinajstić information content (AvgIpc) is 2.33. The predicted molar refractivity (Wildman–Crippen MR) is 83.8 cm³/mol. The molecule has 1 heterocycles. The van der Waals surface area contributed by atoms with Crippen molar-refractivity contribution in [3.8, 4) is 0 Å². The topological polar surface area (TPSA) is 67.6 Å². The normalized spacial score (nSPS) is 40.1. The fraction of sp³-hybridized carbons (Fsp3) is 0.812. The molecule has 4 N–H and O–H groups in total. The number of rotatable bonds is 3. The van der Waals surface area contributed by atoms with Crippen LogP contribution in [0, 0.1) is 11.3 Å². The molecule has 3 aliphatic rings. The second-order valence-corrected chi connectivity index (χ2v) is 7.75. The molecule has 0 saturated heterocycles.